The molecule has 0 fully saturated rings. The molecule has 2 aromatic carbocycles. The molecule has 0 spiro atoms. The number of hydrogen-bond donors (Lipinski definition) is 2. The summed E-state index contributed by atoms with van der Waals surface area (Å²) in [6, 6.07) is 12.8. The Morgan fingerprint density at radius 1 is 0.905 bits per heavy atom. The lowest BCUT2D eigenvalue weighted by Gasteiger charge is -2.13. The molecule has 0 atom stereocenters. The fourth-order valence-corrected chi connectivity index (χ4v) is 2.10. The number of hydrogen-bond acceptors (Lipinski definition) is 3. The molecule has 0 aromatic heterocycles. The zero-order valence-corrected chi connectivity index (χ0v) is 13.2. The Morgan fingerprint density at radius 3 is 2.10 bits per heavy atom. The third kappa shape index (κ3) is 4.24. The van der Waals surface area contributed by atoms with Gasteiger partial charge in [0.15, 0.2) is 16.6 Å². The average Bonchev–Trinajstić information content (AvgIpc) is 2.49. The third-order valence-electron chi connectivity index (χ3n) is 2.74. The second-order valence-corrected chi connectivity index (χ2v) is 5.00. The van der Waals surface area contributed by atoms with Crippen LogP contribution >= 0.6 is 23.8 Å². The summed E-state index contributed by atoms with van der Waals surface area (Å²) in [4.78, 5) is 0. The van der Waals surface area contributed by atoms with E-state index in [0.717, 1.165) is 11.4 Å². The molecule has 21 heavy (non-hydrogen) atoms. The van der Waals surface area contributed by atoms with Crippen molar-refractivity contribution in [2.45, 2.75) is 0 Å². The topological polar surface area (TPSA) is 42.5 Å². The smallest absolute Gasteiger partial charge is 0.175 e. The van der Waals surface area contributed by atoms with Crippen molar-refractivity contribution in [3.05, 3.63) is 47.5 Å². The molecule has 0 saturated carbocycles. The summed E-state index contributed by atoms with van der Waals surface area (Å²) in [7, 11) is 3.18. The molecule has 0 radical (unpaired) electrons. The lowest BCUT2D eigenvalue weighted by Crippen LogP contribution is -2.19. The maximum Gasteiger partial charge on any atom is 0.175 e. The summed E-state index contributed by atoms with van der Waals surface area (Å²) >= 11 is 11.1. The minimum atomic E-state index is 0.476. The summed E-state index contributed by atoms with van der Waals surface area (Å²) in [5, 5.41) is 7.31. The fourth-order valence-electron chi connectivity index (χ4n) is 1.74. The van der Waals surface area contributed by atoms with Crippen molar-refractivity contribution in [2.24, 2.45) is 0 Å². The molecule has 0 unspecified atom stereocenters. The van der Waals surface area contributed by atoms with Gasteiger partial charge in [-0.15, -0.1) is 0 Å². The van der Waals surface area contributed by atoms with Crippen LogP contribution in [0.1, 0.15) is 0 Å². The Hall–Kier alpha value is -1.98. The predicted octanol–water partition coefficient (Wildman–Crippen LogP) is 4.17. The molecule has 0 aliphatic heterocycles. The lowest BCUT2D eigenvalue weighted by atomic mass is 10.2. The first-order chi connectivity index (χ1) is 10.1. The molecular weight excluding hydrogens is 308 g/mol. The normalized spacial score (nSPS) is 9.86. The summed E-state index contributed by atoms with van der Waals surface area (Å²) in [6.45, 7) is 0. The summed E-state index contributed by atoms with van der Waals surface area (Å²) in [5.74, 6) is 1.30. The minimum absolute atomic E-state index is 0.476. The van der Waals surface area contributed by atoms with Gasteiger partial charge in [-0.1, -0.05) is 11.6 Å². The molecule has 110 valence electrons. The molecule has 4 nitrogen and oxygen atoms in total. The van der Waals surface area contributed by atoms with Gasteiger partial charge in [-0.3, -0.25) is 0 Å². The number of anilines is 2. The SMILES string of the molecule is COc1ccc(NC(=S)Nc2ccc(Cl)cc2)cc1OC. The summed E-state index contributed by atoms with van der Waals surface area (Å²) in [6.07, 6.45) is 0. The molecule has 0 aliphatic carbocycles. The highest BCUT2D eigenvalue weighted by Gasteiger charge is 2.05. The Balaban J connectivity index is 2.04. The first-order valence-electron chi connectivity index (χ1n) is 6.18. The number of halogens is 1. The average molecular weight is 323 g/mol. The van der Waals surface area contributed by atoms with Gasteiger partial charge in [0.1, 0.15) is 0 Å². The van der Waals surface area contributed by atoms with E-state index in [9.17, 15) is 0 Å². The zero-order chi connectivity index (χ0) is 15.2. The van der Waals surface area contributed by atoms with E-state index in [1.54, 1.807) is 26.4 Å². The number of nitrogens with one attached hydrogen (secondary N) is 2. The van der Waals surface area contributed by atoms with Gasteiger partial charge < -0.3 is 20.1 Å². The standard InChI is InChI=1S/C15H15ClN2O2S/c1-19-13-8-7-12(9-14(13)20-2)18-15(21)17-11-5-3-10(16)4-6-11/h3-9H,1-2H3,(H2,17,18,21). The molecule has 6 heteroatoms. The Kier molecular flexibility index (Phi) is 5.25. The van der Waals surface area contributed by atoms with E-state index >= 15 is 0 Å². The maximum atomic E-state index is 5.84. The van der Waals surface area contributed by atoms with Crippen molar-refractivity contribution in [1.82, 2.24) is 0 Å². The van der Waals surface area contributed by atoms with Gasteiger partial charge in [-0.05, 0) is 48.6 Å². The fraction of sp³-hybridized carbons (Fsp3) is 0.133. The largest absolute Gasteiger partial charge is 0.493 e. The number of rotatable bonds is 4. The van der Waals surface area contributed by atoms with Gasteiger partial charge in [0, 0.05) is 22.5 Å². The van der Waals surface area contributed by atoms with Crippen LogP contribution in [0.25, 0.3) is 0 Å². The van der Waals surface area contributed by atoms with E-state index < -0.39 is 0 Å². The highest BCUT2D eigenvalue weighted by Crippen LogP contribution is 2.29. The van der Waals surface area contributed by atoms with E-state index in [4.69, 9.17) is 33.3 Å². The predicted molar refractivity (Wildman–Crippen MR) is 90.8 cm³/mol. The highest BCUT2D eigenvalue weighted by molar-refractivity contribution is 7.80. The number of benzene rings is 2. The third-order valence-corrected chi connectivity index (χ3v) is 3.20. The maximum absolute atomic E-state index is 5.84. The van der Waals surface area contributed by atoms with E-state index in [2.05, 4.69) is 10.6 Å². The van der Waals surface area contributed by atoms with Crippen LogP contribution in [-0.2, 0) is 0 Å². The molecule has 0 aliphatic rings. The Labute approximate surface area is 134 Å². The van der Waals surface area contributed by atoms with Crippen molar-refractivity contribution in [3.63, 3.8) is 0 Å². The lowest BCUT2D eigenvalue weighted by molar-refractivity contribution is 0.355. The van der Waals surface area contributed by atoms with Crippen molar-refractivity contribution in [3.8, 4) is 11.5 Å². The van der Waals surface area contributed by atoms with Crippen LogP contribution in [0.15, 0.2) is 42.5 Å². The molecule has 0 bridgehead atoms. The van der Waals surface area contributed by atoms with Gasteiger partial charge in [-0.2, -0.15) is 0 Å². The molecule has 2 aromatic rings. The van der Waals surface area contributed by atoms with Gasteiger partial charge >= 0.3 is 0 Å². The van der Waals surface area contributed by atoms with Crippen LogP contribution in [-0.4, -0.2) is 19.3 Å². The van der Waals surface area contributed by atoms with Gasteiger partial charge in [-0.25, -0.2) is 0 Å². The van der Waals surface area contributed by atoms with E-state index in [1.807, 2.05) is 30.3 Å². The van der Waals surface area contributed by atoms with Gasteiger partial charge in [0.05, 0.1) is 14.2 Å². The second kappa shape index (κ2) is 7.15. The molecular formula is C15H15ClN2O2S. The molecule has 0 amide bonds. The first-order valence-corrected chi connectivity index (χ1v) is 6.96. The zero-order valence-electron chi connectivity index (χ0n) is 11.6. The monoisotopic (exact) mass is 322 g/mol. The van der Waals surface area contributed by atoms with Crippen LogP contribution < -0.4 is 20.1 Å². The van der Waals surface area contributed by atoms with E-state index in [-0.39, 0.29) is 0 Å². The molecule has 2 N–H and O–H groups in total. The Bertz CT molecular complexity index is 632. The highest BCUT2D eigenvalue weighted by atomic mass is 35.5. The number of methoxy groups -OCH3 is 2. The van der Waals surface area contributed by atoms with Crippen molar-refractivity contribution in [2.75, 3.05) is 24.9 Å². The minimum Gasteiger partial charge on any atom is -0.493 e. The molecule has 0 saturated heterocycles. The second-order valence-electron chi connectivity index (χ2n) is 4.16. The van der Waals surface area contributed by atoms with Crippen molar-refractivity contribution in [1.29, 1.82) is 0 Å². The van der Waals surface area contributed by atoms with E-state index in [0.29, 0.717) is 21.6 Å². The summed E-state index contributed by atoms with van der Waals surface area (Å²) in [5.41, 5.74) is 1.66. The van der Waals surface area contributed by atoms with Crippen molar-refractivity contribution < 1.29 is 9.47 Å². The van der Waals surface area contributed by atoms with Crippen LogP contribution in [0.3, 0.4) is 0 Å². The number of thiocarbonyl (C=S) groups is 1. The van der Waals surface area contributed by atoms with Crippen LogP contribution in [0.2, 0.25) is 5.02 Å². The summed E-state index contributed by atoms with van der Waals surface area (Å²) < 4.78 is 10.4. The van der Waals surface area contributed by atoms with Gasteiger partial charge in [0.2, 0.25) is 0 Å². The van der Waals surface area contributed by atoms with E-state index in [1.165, 1.54) is 0 Å². The van der Waals surface area contributed by atoms with Crippen molar-refractivity contribution >= 4 is 40.3 Å². The Morgan fingerprint density at radius 2 is 1.48 bits per heavy atom. The first kappa shape index (κ1) is 15.4. The molecule has 2 rings (SSSR count). The van der Waals surface area contributed by atoms with Gasteiger partial charge in [0.25, 0.3) is 0 Å². The number of ether oxygens (including phenoxy) is 2. The van der Waals surface area contributed by atoms with Crippen LogP contribution in [0.5, 0.6) is 11.5 Å². The quantitative estimate of drug-likeness (QED) is 0.827. The van der Waals surface area contributed by atoms with Crippen LogP contribution in [0, 0.1) is 0 Å². The van der Waals surface area contributed by atoms with Crippen LogP contribution in [0.4, 0.5) is 11.4 Å². The molecule has 0 heterocycles.